The summed E-state index contributed by atoms with van der Waals surface area (Å²) in [4.78, 5) is 17.8. The fourth-order valence-corrected chi connectivity index (χ4v) is 4.63. The average molecular weight is 391 g/mol. The summed E-state index contributed by atoms with van der Waals surface area (Å²) in [6.45, 7) is 2.84. The van der Waals surface area contributed by atoms with Crippen molar-refractivity contribution in [1.82, 2.24) is 15.1 Å². The normalized spacial score (nSPS) is 14.8. The van der Waals surface area contributed by atoms with Gasteiger partial charge in [0.25, 0.3) is 5.91 Å². The molecule has 1 amide bonds. The first-order chi connectivity index (χ1) is 12.2. The van der Waals surface area contributed by atoms with Crippen molar-refractivity contribution >= 4 is 45.3 Å². The number of carbonyl (C=O) groups excluding carboxylic acids is 1. The molecule has 1 fully saturated rings. The molecule has 1 aromatic carbocycles. The lowest BCUT2D eigenvalue weighted by Gasteiger charge is -2.34. The summed E-state index contributed by atoms with van der Waals surface area (Å²) < 4.78 is 0. The Bertz CT molecular complexity index is 872. The lowest BCUT2D eigenvalue weighted by molar-refractivity contribution is 0.0746. The third kappa shape index (κ3) is 3.53. The molecule has 0 spiro atoms. The molecule has 1 aliphatic heterocycles. The van der Waals surface area contributed by atoms with Crippen LogP contribution in [0.25, 0.3) is 9.88 Å². The van der Waals surface area contributed by atoms with Gasteiger partial charge in [-0.25, -0.2) is 0 Å². The molecule has 25 heavy (non-hydrogen) atoms. The van der Waals surface area contributed by atoms with Crippen LogP contribution in [0.15, 0.2) is 41.8 Å². The Morgan fingerprint density at radius 1 is 1.08 bits per heavy atom. The number of rotatable bonds is 3. The van der Waals surface area contributed by atoms with Gasteiger partial charge in [-0.1, -0.05) is 35.1 Å². The summed E-state index contributed by atoms with van der Waals surface area (Å²) in [6, 6.07) is 11.2. The first-order valence-electron chi connectivity index (χ1n) is 7.88. The predicted molar refractivity (Wildman–Crippen MR) is 103 cm³/mol. The Hall–Kier alpha value is -1.96. The number of aromatic nitrogens is 2. The van der Waals surface area contributed by atoms with Crippen LogP contribution in [0.4, 0.5) is 5.13 Å². The fourth-order valence-electron chi connectivity index (χ4n) is 2.75. The highest BCUT2D eigenvalue weighted by molar-refractivity contribution is 7.22. The van der Waals surface area contributed by atoms with E-state index in [2.05, 4.69) is 21.2 Å². The van der Waals surface area contributed by atoms with Crippen LogP contribution in [0, 0.1) is 0 Å². The highest BCUT2D eigenvalue weighted by Crippen LogP contribution is 2.31. The minimum Gasteiger partial charge on any atom is -0.343 e. The minimum absolute atomic E-state index is 0.0266. The molecular weight excluding hydrogens is 376 g/mol. The van der Waals surface area contributed by atoms with Crippen molar-refractivity contribution in [2.45, 2.75) is 0 Å². The van der Waals surface area contributed by atoms with Crippen molar-refractivity contribution in [2.75, 3.05) is 31.1 Å². The first kappa shape index (κ1) is 16.5. The van der Waals surface area contributed by atoms with Crippen molar-refractivity contribution in [3.63, 3.8) is 0 Å². The number of piperazine rings is 1. The van der Waals surface area contributed by atoms with Crippen LogP contribution in [0.5, 0.6) is 0 Å². The molecule has 3 heterocycles. The molecule has 0 atom stereocenters. The smallest absolute Gasteiger partial charge is 0.254 e. The van der Waals surface area contributed by atoms with E-state index in [4.69, 9.17) is 11.6 Å². The van der Waals surface area contributed by atoms with Gasteiger partial charge in [-0.15, -0.1) is 21.5 Å². The number of thiophene rings is 1. The molecule has 5 nitrogen and oxygen atoms in total. The quantitative estimate of drug-likeness (QED) is 0.680. The zero-order valence-electron chi connectivity index (χ0n) is 13.3. The minimum atomic E-state index is 0.0266. The van der Waals surface area contributed by atoms with Crippen molar-refractivity contribution < 1.29 is 4.79 Å². The number of halogens is 1. The average Bonchev–Trinajstić information content (AvgIpc) is 3.32. The maximum Gasteiger partial charge on any atom is 0.254 e. The van der Waals surface area contributed by atoms with E-state index >= 15 is 0 Å². The van der Waals surface area contributed by atoms with Crippen LogP contribution in [-0.4, -0.2) is 47.2 Å². The standard InChI is InChI=1S/C17H15ClN4OS2/c18-13-4-1-3-12(11-13)16(23)21-6-8-22(9-7-21)17-20-19-15(25-17)14-5-2-10-24-14/h1-5,10-11H,6-9H2. The molecule has 3 aromatic rings. The van der Waals surface area contributed by atoms with Gasteiger partial charge < -0.3 is 9.80 Å². The highest BCUT2D eigenvalue weighted by Gasteiger charge is 2.24. The number of hydrogen-bond donors (Lipinski definition) is 0. The molecule has 1 saturated heterocycles. The Kier molecular flexibility index (Phi) is 4.70. The number of hydrogen-bond acceptors (Lipinski definition) is 6. The van der Waals surface area contributed by atoms with Gasteiger partial charge in [-0.3, -0.25) is 4.79 Å². The van der Waals surface area contributed by atoms with Gasteiger partial charge in [0.1, 0.15) is 0 Å². The molecule has 0 N–H and O–H groups in total. The van der Waals surface area contributed by atoms with E-state index in [0.717, 1.165) is 28.1 Å². The van der Waals surface area contributed by atoms with Crippen molar-refractivity contribution in [3.8, 4) is 9.88 Å². The third-order valence-electron chi connectivity index (χ3n) is 4.06. The Labute approximate surface area is 158 Å². The maximum atomic E-state index is 12.6. The molecule has 0 saturated carbocycles. The number of benzene rings is 1. The zero-order valence-corrected chi connectivity index (χ0v) is 15.7. The van der Waals surface area contributed by atoms with Crippen LogP contribution in [-0.2, 0) is 0 Å². The van der Waals surface area contributed by atoms with Crippen LogP contribution >= 0.6 is 34.3 Å². The number of carbonyl (C=O) groups is 1. The number of nitrogens with zero attached hydrogens (tertiary/aromatic N) is 4. The monoisotopic (exact) mass is 390 g/mol. The summed E-state index contributed by atoms with van der Waals surface area (Å²) in [5.41, 5.74) is 0.636. The van der Waals surface area contributed by atoms with Crippen LogP contribution in [0.1, 0.15) is 10.4 Å². The lowest BCUT2D eigenvalue weighted by Crippen LogP contribution is -2.48. The topological polar surface area (TPSA) is 49.3 Å². The molecule has 0 bridgehead atoms. The molecule has 8 heteroatoms. The number of anilines is 1. The number of amides is 1. The van der Waals surface area contributed by atoms with Crippen LogP contribution < -0.4 is 4.90 Å². The second-order valence-electron chi connectivity index (χ2n) is 5.66. The fraction of sp³-hybridized carbons (Fsp3) is 0.235. The van der Waals surface area contributed by atoms with E-state index in [-0.39, 0.29) is 5.91 Å². The molecule has 2 aromatic heterocycles. The Balaban J connectivity index is 1.41. The summed E-state index contributed by atoms with van der Waals surface area (Å²) in [6.07, 6.45) is 0. The van der Waals surface area contributed by atoms with Crippen LogP contribution in [0.2, 0.25) is 5.02 Å². The van der Waals surface area contributed by atoms with Gasteiger partial charge in [0, 0.05) is 36.8 Å². The second kappa shape index (κ2) is 7.11. The summed E-state index contributed by atoms with van der Waals surface area (Å²) in [5.74, 6) is 0.0266. The Morgan fingerprint density at radius 2 is 1.92 bits per heavy atom. The van der Waals surface area contributed by atoms with Crippen molar-refractivity contribution in [2.24, 2.45) is 0 Å². The van der Waals surface area contributed by atoms with Gasteiger partial charge in [-0.2, -0.15) is 0 Å². The molecule has 0 aliphatic carbocycles. The van der Waals surface area contributed by atoms with E-state index < -0.39 is 0 Å². The Morgan fingerprint density at radius 3 is 2.64 bits per heavy atom. The van der Waals surface area contributed by atoms with Gasteiger partial charge in [0.2, 0.25) is 5.13 Å². The predicted octanol–water partition coefficient (Wildman–Crippen LogP) is 3.88. The van der Waals surface area contributed by atoms with Crippen LogP contribution in [0.3, 0.4) is 0 Å². The molecule has 0 unspecified atom stereocenters. The van der Waals surface area contributed by atoms with E-state index in [9.17, 15) is 4.79 Å². The van der Waals surface area contributed by atoms with E-state index in [1.165, 1.54) is 0 Å². The van der Waals surface area contributed by atoms with Gasteiger partial charge in [-0.05, 0) is 29.6 Å². The second-order valence-corrected chi connectivity index (χ2v) is 8.00. The maximum absolute atomic E-state index is 12.6. The molecule has 4 rings (SSSR count). The van der Waals surface area contributed by atoms with Crippen molar-refractivity contribution in [1.29, 1.82) is 0 Å². The van der Waals surface area contributed by atoms with Gasteiger partial charge in [0.05, 0.1) is 4.88 Å². The van der Waals surface area contributed by atoms with E-state index in [0.29, 0.717) is 23.7 Å². The largest absolute Gasteiger partial charge is 0.343 e. The van der Waals surface area contributed by atoms with Gasteiger partial charge in [0.15, 0.2) is 5.01 Å². The molecule has 1 aliphatic rings. The summed E-state index contributed by atoms with van der Waals surface area (Å²) in [7, 11) is 0. The lowest BCUT2D eigenvalue weighted by atomic mass is 10.2. The van der Waals surface area contributed by atoms with Gasteiger partial charge >= 0.3 is 0 Å². The molecule has 128 valence electrons. The third-order valence-corrected chi connectivity index (χ3v) is 6.31. The molecule has 0 radical (unpaired) electrons. The highest BCUT2D eigenvalue weighted by atomic mass is 35.5. The summed E-state index contributed by atoms with van der Waals surface area (Å²) >= 11 is 9.25. The zero-order chi connectivity index (χ0) is 17.2. The van der Waals surface area contributed by atoms with E-state index in [1.54, 1.807) is 46.9 Å². The SMILES string of the molecule is O=C(c1cccc(Cl)c1)N1CCN(c2nnc(-c3cccs3)s2)CC1. The first-order valence-corrected chi connectivity index (χ1v) is 9.95. The van der Waals surface area contributed by atoms with E-state index in [1.807, 2.05) is 16.3 Å². The van der Waals surface area contributed by atoms with Crippen molar-refractivity contribution in [3.05, 3.63) is 52.4 Å². The summed E-state index contributed by atoms with van der Waals surface area (Å²) in [5, 5.41) is 13.1. The molecular formula is C17H15ClN4OS2.